The van der Waals surface area contributed by atoms with Gasteiger partial charge in [0.1, 0.15) is 11.1 Å². The van der Waals surface area contributed by atoms with E-state index in [0.717, 1.165) is 19.1 Å². The lowest BCUT2D eigenvalue weighted by atomic mass is 10.0. The number of carbonyl (C=O) groups excluding carboxylic acids is 1. The van der Waals surface area contributed by atoms with Crippen LogP contribution in [0.2, 0.25) is 0 Å². The summed E-state index contributed by atoms with van der Waals surface area (Å²) < 4.78 is 43.4. The number of alkyl halides is 4. The van der Waals surface area contributed by atoms with Gasteiger partial charge >= 0.3 is 6.18 Å². The largest absolute Gasteiger partial charge is 0.494 e. The molecule has 1 aromatic rings. The van der Waals surface area contributed by atoms with Crippen LogP contribution in [0.3, 0.4) is 0 Å². The number of benzene rings is 1. The molecule has 0 aliphatic rings. The second-order valence-electron chi connectivity index (χ2n) is 3.65. The number of ketones is 1. The Morgan fingerprint density at radius 3 is 2.50 bits per heavy atom. The van der Waals surface area contributed by atoms with Crippen LogP contribution in [-0.4, -0.2) is 12.4 Å². The molecule has 0 aliphatic carbocycles. The van der Waals surface area contributed by atoms with Crippen molar-refractivity contribution in [2.24, 2.45) is 0 Å². The molecule has 0 N–H and O–H groups in total. The molecule has 0 radical (unpaired) electrons. The van der Waals surface area contributed by atoms with Gasteiger partial charge in [0.25, 0.3) is 0 Å². The van der Waals surface area contributed by atoms with Gasteiger partial charge in [-0.25, -0.2) is 0 Å². The highest BCUT2D eigenvalue weighted by atomic mass is 35.5. The van der Waals surface area contributed by atoms with E-state index in [1.54, 1.807) is 6.92 Å². The Kier molecular flexibility index (Phi) is 4.62. The van der Waals surface area contributed by atoms with Crippen LogP contribution < -0.4 is 4.74 Å². The van der Waals surface area contributed by atoms with Gasteiger partial charge in [-0.3, -0.25) is 4.79 Å². The molecular formula is C12H12ClF3O2. The minimum Gasteiger partial charge on any atom is -0.494 e. The van der Waals surface area contributed by atoms with Gasteiger partial charge in [-0.05, 0) is 37.6 Å². The van der Waals surface area contributed by atoms with Crippen molar-refractivity contribution >= 4 is 17.4 Å². The second kappa shape index (κ2) is 5.61. The maximum Gasteiger partial charge on any atom is 0.416 e. The molecule has 0 saturated carbocycles. The normalized spacial score (nSPS) is 13.2. The summed E-state index contributed by atoms with van der Waals surface area (Å²) in [7, 11) is 0. The van der Waals surface area contributed by atoms with E-state index in [4.69, 9.17) is 16.3 Å². The third kappa shape index (κ3) is 3.38. The molecule has 2 nitrogen and oxygen atoms in total. The molecule has 0 heterocycles. The fraction of sp³-hybridized carbons (Fsp3) is 0.417. The quantitative estimate of drug-likeness (QED) is 0.780. The Morgan fingerprint density at radius 2 is 2.06 bits per heavy atom. The van der Waals surface area contributed by atoms with E-state index in [2.05, 4.69) is 0 Å². The van der Waals surface area contributed by atoms with Crippen molar-refractivity contribution in [2.45, 2.75) is 25.4 Å². The van der Waals surface area contributed by atoms with Crippen LogP contribution >= 0.6 is 11.6 Å². The number of ether oxygens (including phenoxy) is 1. The maximum absolute atomic E-state index is 12.8. The summed E-state index contributed by atoms with van der Waals surface area (Å²) >= 11 is 5.72. The lowest BCUT2D eigenvalue weighted by Crippen LogP contribution is -2.13. The molecule has 1 aromatic carbocycles. The Hall–Kier alpha value is -1.23. The van der Waals surface area contributed by atoms with E-state index >= 15 is 0 Å². The molecule has 0 saturated heterocycles. The second-order valence-corrected chi connectivity index (χ2v) is 4.09. The maximum atomic E-state index is 12.8. The minimum atomic E-state index is -4.55. The van der Waals surface area contributed by atoms with Crippen LogP contribution in [0.4, 0.5) is 13.2 Å². The van der Waals surface area contributed by atoms with E-state index in [0.29, 0.717) is 6.61 Å². The molecule has 0 amide bonds. The summed E-state index contributed by atoms with van der Waals surface area (Å²) in [6.07, 6.45) is -4.55. The standard InChI is InChI=1S/C12H12ClF3O2/c1-3-18-8-4-5-10(12(14,15)16)9(6-8)11(13)7(2)17/h4-6,11H,3H2,1-2H3. The summed E-state index contributed by atoms with van der Waals surface area (Å²) in [5.41, 5.74) is -1.19. The number of rotatable bonds is 4. The summed E-state index contributed by atoms with van der Waals surface area (Å²) in [6.45, 7) is 3.17. The number of hydrogen-bond donors (Lipinski definition) is 0. The molecule has 0 fully saturated rings. The molecule has 1 rings (SSSR count). The summed E-state index contributed by atoms with van der Waals surface area (Å²) in [5.74, 6) is -0.289. The van der Waals surface area contributed by atoms with Crippen molar-refractivity contribution in [2.75, 3.05) is 6.61 Å². The number of hydrogen-bond acceptors (Lipinski definition) is 2. The number of carbonyl (C=O) groups is 1. The predicted molar refractivity (Wildman–Crippen MR) is 61.9 cm³/mol. The van der Waals surface area contributed by atoms with Gasteiger partial charge in [0.05, 0.1) is 12.2 Å². The number of Topliss-reactive ketones (excluding diaryl/α,β-unsaturated/α-hetero) is 1. The molecule has 1 atom stereocenters. The topological polar surface area (TPSA) is 26.3 Å². The Bertz CT molecular complexity index is 443. The van der Waals surface area contributed by atoms with Gasteiger partial charge in [0.2, 0.25) is 0 Å². The predicted octanol–water partition coefficient (Wildman–Crippen LogP) is 3.97. The van der Waals surface area contributed by atoms with E-state index in [-0.39, 0.29) is 11.3 Å². The molecular weight excluding hydrogens is 269 g/mol. The Balaban J connectivity index is 3.31. The summed E-state index contributed by atoms with van der Waals surface area (Å²) in [6, 6.07) is 3.24. The third-order valence-electron chi connectivity index (χ3n) is 2.27. The molecule has 100 valence electrons. The SMILES string of the molecule is CCOc1ccc(C(F)(F)F)c(C(Cl)C(C)=O)c1. The van der Waals surface area contributed by atoms with Crippen molar-refractivity contribution in [3.8, 4) is 5.75 Å². The minimum absolute atomic E-state index is 0.257. The van der Waals surface area contributed by atoms with Crippen molar-refractivity contribution in [3.63, 3.8) is 0 Å². The zero-order valence-electron chi connectivity index (χ0n) is 9.84. The van der Waals surface area contributed by atoms with Crippen LogP contribution in [0.25, 0.3) is 0 Å². The van der Waals surface area contributed by atoms with E-state index in [1.807, 2.05) is 0 Å². The zero-order valence-corrected chi connectivity index (χ0v) is 10.6. The molecule has 0 bridgehead atoms. The highest BCUT2D eigenvalue weighted by molar-refractivity contribution is 6.30. The molecule has 6 heteroatoms. The summed E-state index contributed by atoms with van der Waals surface area (Å²) in [5, 5.41) is -1.33. The molecule has 0 spiro atoms. The van der Waals surface area contributed by atoms with Crippen molar-refractivity contribution in [1.29, 1.82) is 0 Å². The fourth-order valence-electron chi connectivity index (χ4n) is 1.48. The molecule has 0 aromatic heterocycles. The fourth-order valence-corrected chi connectivity index (χ4v) is 1.66. The first-order chi connectivity index (χ1) is 8.27. The van der Waals surface area contributed by atoms with E-state index in [9.17, 15) is 18.0 Å². The highest BCUT2D eigenvalue weighted by Crippen LogP contribution is 2.38. The average molecular weight is 281 g/mol. The first-order valence-electron chi connectivity index (χ1n) is 5.25. The molecule has 0 aliphatic heterocycles. The van der Waals surface area contributed by atoms with Gasteiger partial charge in [-0.2, -0.15) is 13.2 Å². The van der Waals surface area contributed by atoms with Gasteiger partial charge in [0.15, 0.2) is 5.78 Å². The van der Waals surface area contributed by atoms with Crippen molar-refractivity contribution < 1.29 is 22.7 Å². The monoisotopic (exact) mass is 280 g/mol. The van der Waals surface area contributed by atoms with Crippen LogP contribution in [0.15, 0.2) is 18.2 Å². The Labute approximate surface area is 108 Å². The lowest BCUT2D eigenvalue weighted by molar-refractivity contribution is -0.138. The van der Waals surface area contributed by atoms with Gasteiger partial charge in [-0.15, -0.1) is 11.6 Å². The van der Waals surface area contributed by atoms with Crippen molar-refractivity contribution in [3.05, 3.63) is 29.3 Å². The van der Waals surface area contributed by atoms with E-state index < -0.39 is 22.9 Å². The third-order valence-corrected chi connectivity index (χ3v) is 2.81. The van der Waals surface area contributed by atoms with Gasteiger partial charge in [0, 0.05) is 0 Å². The number of halogens is 4. The lowest BCUT2D eigenvalue weighted by Gasteiger charge is -2.16. The molecule has 1 unspecified atom stereocenters. The average Bonchev–Trinajstić information content (AvgIpc) is 2.26. The van der Waals surface area contributed by atoms with Gasteiger partial charge < -0.3 is 4.74 Å². The zero-order chi connectivity index (χ0) is 13.9. The van der Waals surface area contributed by atoms with E-state index in [1.165, 1.54) is 6.07 Å². The smallest absolute Gasteiger partial charge is 0.416 e. The first kappa shape index (κ1) is 14.8. The first-order valence-corrected chi connectivity index (χ1v) is 5.69. The van der Waals surface area contributed by atoms with Gasteiger partial charge in [-0.1, -0.05) is 0 Å². The van der Waals surface area contributed by atoms with Crippen LogP contribution in [0.5, 0.6) is 5.75 Å². The summed E-state index contributed by atoms with van der Waals surface area (Å²) in [4.78, 5) is 11.2. The highest BCUT2D eigenvalue weighted by Gasteiger charge is 2.36. The van der Waals surface area contributed by atoms with Crippen molar-refractivity contribution in [1.82, 2.24) is 0 Å². The Morgan fingerprint density at radius 1 is 1.44 bits per heavy atom. The van der Waals surface area contributed by atoms with Crippen LogP contribution in [0.1, 0.15) is 30.4 Å². The van der Waals surface area contributed by atoms with Crippen LogP contribution in [0, 0.1) is 0 Å². The molecule has 18 heavy (non-hydrogen) atoms. The van der Waals surface area contributed by atoms with Crippen LogP contribution in [-0.2, 0) is 11.0 Å².